The van der Waals surface area contributed by atoms with Crippen LogP contribution in [0.1, 0.15) is 316 Å². The van der Waals surface area contributed by atoms with Gasteiger partial charge in [-0.3, -0.25) is 14.2 Å². The molecule has 0 aromatic heterocycles. The maximum atomic E-state index is 12.8. The highest BCUT2D eigenvalue weighted by Gasteiger charge is 2.22. The van der Waals surface area contributed by atoms with Crippen molar-refractivity contribution in [3.8, 4) is 0 Å². The van der Waals surface area contributed by atoms with E-state index in [4.69, 9.17) is 18.5 Å². The van der Waals surface area contributed by atoms with Crippen molar-refractivity contribution in [2.75, 3.05) is 47.5 Å². The Hall–Kier alpha value is -2.29. The molecule has 0 aromatic carbocycles. The number of likely N-dealkylation sites (N-methyl/N-ethyl adjacent to an activating group) is 1. The minimum absolute atomic E-state index is 0.0292. The Bertz CT molecular complexity index is 1520. The van der Waals surface area contributed by atoms with E-state index in [1.165, 1.54) is 212 Å². The molecular weight excluding hydrogens is 1000 g/mol. The largest absolute Gasteiger partial charge is 0.756 e. The number of nitrogens with zero attached hydrogens (tertiary/aromatic N) is 1. The van der Waals surface area contributed by atoms with Crippen LogP contribution in [0.15, 0.2) is 60.8 Å². The lowest BCUT2D eigenvalue weighted by atomic mass is 10.0. The Balaban J connectivity index is 4.02. The Morgan fingerprint density at radius 3 is 1.08 bits per heavy atom. The fourth-order valence-electron chi connectivity index (χ4n) is 9.69. The van der Waals surface area contributed by atoms with Crippen molar-refractivity contribution in [3.05, 3.63) is 60.8 Å². The predicted molar refractivity (Wildman–Crippen MR) is 337 cm³/mol. The zero-order valence-electron chi connectivity index (χ0n) is 52.6. The minimum Gasteiger partial charge on any atom is -0.756 e. The van der Waals surface area contributed by atoms with Gasteiger partial charge in [0, 0.05) is 12.8 Å². The summed E-state index contributed by atoms with van der Waals surface area (Å²) in [4.78, 5) is 38.0. The van der Waals surface area contributed by atoms with E-state index < -0.39 is 26.5 Å². The smallest absolute Gasteiger partial charge is 0.306 e. The molecule has 0 aliphatic heterocycles. The van der Waals surface area contributed by atoms with Crippen molar-refractivity contribution in [1.29, 1.82) is 0 Å². The molecule has 10 heteroatoms. The summed E-state index contributed by atoms with van der Waals surface area (Å²) in [6.07, 6.45) is 78.6. The molecular formula is C69H128NO8P. The topological polar surface area (TPSA) is 111 Å². The summed E-state index contributed by atoms with van der Waals surface area (Å²) in [6.45, 7) is 4.18. The highest BCUT2D eigenvalue weighted by molar-refractivity contribution is 7.45. The molecule has 0 aromatic rings. The summed E-state index contributed by atoms with van der Waals surface area (Å²) in [5.74, 6) is -0.816. The number of esters is 2. The third kappa shape index (κ3) is 64.7. The van der Waals surface area contributed by atoms with Gasteiger partial charge in [0.05, 0.1) is 27.7 Å². The van der Waals surface area contributed by atoms with E-state index in [-0.39, 0.29) is 32.0 Å². The number of allylic oxidation sites excluding steroid dienone is 10. The number of unbranched alkanes of at least 4 members (excludes halogenated alkanes) is 38. The van der Waals surface area contributed by atoms with Gasteiger partial charge < -0.3 is 27.9 Å². The molecule has 9 nitrogen and oxygen atoms in total. The first-order valence-electron chi connectivity index (χ1n) is 33.5. The lowest BCUT2D eigenvalue weighted by molar-refractivity contribution is -0.870. The molecule has 0 fully saturated rings. The van der Waals surface area contributed by atoms with E-state index in [0.29, 0.717) is 17.4 Å². The average Bonchev–Trinajstić information content (AvgIpc) is 3.41. The predicted octanol–water partition coefficient (Wildman–Crippen LogP) is 20.8. The molecule has 462 valence electrons. The lowest BCUT2D eigenvalue weighted by Gasteiger charge is -2.28. The Morgan fingerprint density at radius 2 is 0.722 bits per heavy atom. The van der Waals surface area contributed by atoms with Crippen molar-refractivity contribution in [2.45, 2.75) is 322 Å². The second kappa shape index (κ2) is 60.3. The molecule has 2 atom stereocenters. The van der Waals surface area contributed by atoms with Crippen LogP contribution in [-0.4, -0.2) is 70.0 Å². The van der Waals surface area contributed by atoms with E-state index in [0.717, 1.165) is 70.6 Å². The number of hydrogen-bond acceptors (Lipinski definition) is 8. The minimum atomic E-state index is -4.64. The van der Waals surface area contributed by atoms with E-state index in [1.807, 2.05) is 21.1 Å². The van der Waals surface area contributed by atoms with Crippen LogP contribution in [-0.2, 0) is 32.7 Å². The molecule has 2 unspecified atom stereocenters. The van der Waals surface area contributed by atoms with Crippen molar-refractivity contribution in [3.63, 3.8) is 0 Å². The molecule has 0 spiro atoms. The molecule has 79 heavy (non-hydrogen) atoms. The van der Waals surface area contributed by atoms with Crippen molar-refractivity contribution in [1.82, 2.24) is 0 Å². The standard InChI is InChI=1S/C69H128NO8P/c1-6-8-10-12-14-16-18-20-22-24-26-28-30-31-32-33-34-35-36-37-38-39-40-42-44-46-48-50-52-54-56-58-60-62-69(72)78-67(66-77-79(73,74)76-64-63-70(3,4)5)65-75-68(71)61-59-57-55-53-51-49-47-45-43-41-29-27-25-23-21-19-17-15-13-11-9-7-2/h8,10,14,16,20,22,26,28,31-32,67H,6-7,9,11-13,15,17-19,21,23-25,27,29-30,33-66H2,1-5H3/b10-8-,16-14-,22-20-,28-26-,32-31-. The maximum Gasteiger partial charge on any atom is 0.306 e. The van der Waals surface area contributed by atoms with Crippen LogP contribution in [0.4, 0.5) is 0 Å². The SMILES string of the molecule is CC/C=C\C/C=C\C/C=C\C/C=C\C/C=C\CCCCCCCCCCCCCCCCCCCC(=O)OC(COC(=O)CCCCCCCCCCCCCCCCCCCCCCCC)COP(=O)([O-])OCC[N+](C)(C)C. The Kier molecular flexibility index (Phi) is 58.6. The third-order valence-electron chi connectivity index (χ3n) is 14.8. The number of rotatable bonds is 62. The lowest BCUT2D eigenvalue weighted by Crippen LogP contribution is -2.37. The van der Waals surface area contributed by atoms with Gasteiger partial charge in [-0.15, -0.1) is 0 Å². The van der Waals surface area contributed by atoms with Crippen LogP contribution in [0, 0.1) is 0 Å². The van der Waals surface area contributed by atoms with Crippen LogP contribution in [0.2, 0.25) is 0 Å². The number of phosphoric ester groups is 1. The van der Waals surface area contributed by atoms with Crippen LogP contribution in [0.5, 0.6) is 0 Å². The zero-order chi connectivity index (χ0) is 57.7. The first-order valence-corrected chi connectivity index (χ1v) is 35.0. The molecule has 0 rings (SSSR count). The third-order valence-corrected chi connectivity index (χ3v) is 15.8. The van der Waals surface area contributed by atoms with Crippen molar-refractivity contribution in [2.24, 2.45) is 0 Å². The number of carbonyl (C=O) groups is 2. The molecule has 0 amide bonds. The Labute approximate surface area is 489 Å². The monoisotopic (exact) mass is 1130 g/mol. The molecule has 0 bridgehead atoms. The summed E-state index contributed by atoms with van der Waals surface area (Å²) in [7, 11) is 1.18. The van der Waals surface area contributed by atoms with Crippen molar-refractivity contribution >= 4 is 19.8 Å². The van der Waals surface area contributed by atoms with E-state index >= 15 is 0 Å². The van der Waals surface area contributed by atoms with E-state index in [2.05, 4.69) is 74.6 Å². The number of hydrogen-bond donors (Lipinski definition) is 0. The van der Waals surface area contributed by atoms with E-state index in [9.17, 15) is 19.0 Å². The Morgan fingerprint density at radius 1 is 0.405 bits per heavy atom. The fourth-order valence-corrected chi connectivity index (χ4v) is 10.4. The van der Waals surface area contributed by atoms with Gasteiger partial charge in [0.2, 0.25) is 0 Å². The number of carbonyl (C=O) groups excluding carboxylic acids is 2. The molecule has 0 saturated carbocycles. The van der Waals surface area contributed by atoms with Crippen LogP contribution >= 0.6 is 7.82 Å². The number of phosphoric acid groups is 1. The second-order valence-corrected chi connectivity index (χ2v) is 25.2. The second-order valence-electron chi connectivity index (χ2n) is 23.8. The summed E-state index contributed by atoms with van der Waals surface area (Å²) < 4.78 is 34.3. The van der Waals surface area contributed by atoms with Gasteiger partial charge in [0.15, 0.2) is 6.10 Å². The summed E-state index contributed by atoms with van der Waals surface area (Å²) in [5, 5.41) is 0. The van der Waals surface area contributed by atoms with Gasteiger partial charge in [0.25, 0.3) is 7.82 Å². The first-order chi connectivity index (χ1) is 38.5. The van der Waals surface area contributed by atoms with Crippen LogP contribution in [0.3, 0.4) is 0 Å². The normalized spacial score (nSPS) is 13.5. The number of quaternary nitrogens is 1. The molecule has 0 saturated heterocycles. The van der Waals surface area contributed by atoms with Gasteiger partial charge in [-0.1, -0.05) is 306 Å². The molecule has 0 heterocycles. The first kappa shape index (κ1) is 76.7. The van der Waals surface area contributed by atoms with Gasteiger partial charge in [-0.25, -0.2) is 0 Å². The van der Waals surface area contributed by atoms with Crippen molar-refractivity contribution < 1.29 is 42.1 Å². The average molecular weight is 1130 g/mol. The summed E-state index contributed by atoms with van der Waals surface area (Å²) in [6, 6.07) is 0. The summed E-state index contributed by atoms with van der Waals surface area (Å²) >= 11 is 0. The van der Waals surface area contributed by atoms with Gasteiger partial charge in [0.1, 0.15) is 19.8 Å². The highest BCUT2D eigenvalue weighted by atomic mass is 31.2. The molecule has 0 radical (unpaired) electrons. The van der Waals surface area contributed by atoms with Gasteiger partial charge in [-0.2, -0.15) is 0 Å². The fraction of sp³-hybridized carbons (Fsp3) is 0.826. The molecule has 0 aliphatic rings. The molecule has 0 N–H and O–H groups in total. The van der Waals surface area contributed by atoms with Gasteiger partial charge in [-0.05, 0) is 57.8 Å². The van der Waals surface area contributed by atoms with Gasteiger partial charge >= 0.3 is 11.9 Å². The quantitative estimate of drug-likeness (QED) is 0.0195. The molecule has 0 aliphatic carbocycles. The zero-order valence-corrected chi connectivity index (χ0v) is 53.5. The maximum absolute atomic E-state index is 12.8. The van der Waals surface area contributed by atoms with Crippen LogP contribution < -0.4 is 4.89 Å². The van der Waals surface area contributed by atoms with E-state index in [1.54, 1.807) is 0 Å². The van der Waals surface area contributed by atoms with Crippen LogP contribution in [0.25, 0.3) is 0 Å². The highest BCUT2D eigenvalue weighted by Crippen LogP contribution is 2.38. The number of ether oxygens (including phenoxy) is 2. The summed E-state index contributed by atoms with van der Waals surface area (Å²) in [5.41, 5.74) is 0.